The first-order valence-corrected chi connectivity index (χ1v) is 9.22. The van der Waals surface area contributed by atoms with Crippen molar-refractivity contribution in [3.05, 3.63) is 49.3 Å². The average Bonchev–Trinajstić information content (AvgIpc) is 2.87. The Balaban J connectivity index is 1.93. The lowest BCUT2D eigenvalue weighted by molar-refractivity contribution is -0.125. The van der Waals surface area contributed by atoms with E-state index in [-0.39, 0.29) is 17.3 Å². The van der Waals surface area contributed by atoms with Gasteiger partial charge < -0.3 is 4.90 Å². The lowest BCUT2D eigenvalue weighted by Gasteiger charge is -2.21. The van der Waals surface area contributed by atoms with Gasteiger partial charge in [0.15, 0.2) is 0 Å². The van der Waals surface area contributed by atoms with Crippen LogP contribution in [0.5, 0.6) is 0 Å². The molecule has 0 unspecified atom stereocenters. The number of sulfonamides is 1. The van der Waals surface area contributed by atoms with Crippen LogP contribution in [0.15, 0.2) is 54.2 Å². The molecule has 1 saturated heterocycles. The van der Waals surface area contributed by atoms with Crippen LogP contribution in [-0.2, 0) is 14.8 Å². The highest BCUT2D eigenvalue weighted by molar-refractivity contribution is 7.89. The normalized spacial score (nSPS) is 16.8. The van der Waals surface area contributed by atoms with Crippen molar-refractivity contribution >= 4 is 26.7 Å². The maximum absolute atomic E-state index is 13.1. The number of fused-ring (bicyclic) bond motifs is 1. The van der Waals surface area contributed by atoms with Gasteiger partial charge in [-0.05, 0) is 24.6 Å². The van der Waals surface area contributed by atoms with Crippen LogP contribution >= 0.6 is 0 Å². The van der Waals surface area contributed by atoms with Gasteiger partial charge >= 0.3 is 0 Å². The van der Waals surface area contributed by atoms with Gasteiger partial charge in [-0.2, -0.15) is 4.31 Å². The molecule has 0 atom stereocenters. The maximum atomic E-state index is 13.1. The van der Waals surface area contributed by atoms with E-state index < -0.39 is 10.0 Å². The third kappa shape index (κ3) is 3.05. The molecule has 1 aromatic heterocycles. The van der Waals surface area contributed by atoms with Crippen molar-refractivity contribution in [1.29, 1.82) is 0 Å². The van der Waals surface area contributed by atoms with Gasteiger partial charge in [0.25, 0.3) is 0 Å². The van der Waals surface area contributed by atoms with Crippen LogP contribution in [0.3, 0.4) is 0 Å². The average molecular weight is 345 g/mol. The molecular formula is C17H19N3O3S. The summed E-state index contributed by atoms with van der Waals surface area (Å²) in [5.74, 6) is -0.162. The third-order valence-corrected chi connectivity index (χ3v) is 6.16. The Morgan fingerprint density at radius 3 is 2.79 bits per heavy atom. The number of carbonyl (C=O) groups excluding carboxylic acids is 1. The number of nitrogens with zero attached hydrogens (tertiary/aromatic N) is 3. The molecule has 3 rings (SSSR count). The summed E-state index contributed by atoms with van der Waals surface area (Å²) in [6.45, 7) is 5.07. The largest absolute Gasteiger partial charge is 0.338 e. The zero-order chi connectivity index (χ0) is 17.2. The van der Waals surface area contributed by atoms with E-state index in [0.29, 0.717) is 31.4 Å². The van der Waals surface area contributed by atoms with E-state index in [4.69, 9.17) is 0 Å². The van der Waals surface area contributed by atoms with Gasteiger partial charge in [0.2, 0.25) is 15.9 Å². The molecule has 24 heavy (non-hydrogen) atoms. The minimum absolute atomic E-state index is 0.162. The van der Waals surface area contributed by atoms with Crippen molar-refractivity contribution < 1.29 is 13.2 Å². The summed E-state index contributed by atoms with van der Waals surface area (Å²) in [6, 6.07) is 6.90. The van der Waals surface area contributed by atoms with E-state index >= 15 is 0 Å². The van der Waals surface area contributed by atoms with Crippen molar-refractivity contribution in [2.24, 2.45) is 0 Å². The van der Waals surface area contributed by atoms with Crippen molar-refractivity contribution in [3.8, 4) is 0 Å². The highest BCUT2D eigenvalue weighted by Gasteiger charge is 2.28. The second-order valence-electron chi connectivity index (χ2n) is 5.64. The maximum Gasteiger partial charge on any atom is 0.245 e. The Labute approximate surface area is 141 Å². The molecule has 0 bridgehead atoms. The van der Waals surface area contributed by atoms with Gasteiger partial charge in [0, 0.05) is 49.3 Å². The monoisotopic (exact) mass is 345 g/mol. The number of amides is 1. The summed E-state index contributed by atoms with van der Waals surface area (Å²) in [5.41, 5.74) is 0. The fourth-order valence-electron chi connectivity index (χ4n) is 2.94. The van der Waals surface area contributed by atoms with Crippen LogP contribution in [-0.4, -0.2) is 54.7 Å². The fraction of sp³-hybridized carbons (Fsp3) is 0.294. The molecule has 0 aliphatic carbocycles. The highest BCUT2D eigenvalue weighted by atomic mass is 32.2. The van der Waals surface area contributed by atoms with Crippen LogP contribution in [0, 0.1) is 0 Å². The molecule has 7 heteroatoms. The molecule has 1 aliphatic heterocycles. The van der Waals surface area contributed by atoms with Crippen LogP contribution in [0.4, 0.5) is 0 Å². The van der Waals surface area contributed by atoms with E-state index in [2.05, 4.69) is 11.6 Å². The standard InChI is InChI=1S/C17H19N3O3S/c1-2-17(21)19-9-4-10-20(12-11-19)24(22,23)16-6-3-5-14-13-18-8-7-15(14)16/h2-3,5-8,13H,1,4,9-12H2. The van der Waals surface area contributed by atoms with Crippen molar-refractivity contribution in [1.82, 2.24) is 14.2 Å². The molecule has 1 aliphatic rings. The number of pyridine rings is 1. The predicted octanol–water partition coefficient (Wildman–Crippen LogP) is 1.64. The summed E-state index contributed by atoms with van der Waals surface area (Å²) in [5, 5.41) is 1.45. The molecule has 6 nitrogen and oxygen atoms in total. The first-order chi connectivity index (χ1) is 11.5. The fourth-order valence-corrected chi connectivity index (χ4v) is 4.62. The smallest absolute Gasteiger partial charge is 0.245 e. The molecule has 0 N–H and O–H groups in total. The molecular weight excluding hydrogens is 326 g/mol. The van der Waals surface area contributed by atoms with E-state index in [1.807, 2.05) is 6.07 Å². The van der Waals surface area contributed by atoms with E-state index in [9.17, 15) is 13.2 Å². The van der Waals surface area contributed by atoms with E-state index in [0.717, 1.165) is 5.39 Å². The summed E-state index contributed by atoms with van der Waals surface area (Å²) >= 11 is 0. The third-order valence-electron chi connectivity index (χ3n) is 4.20. The van der Waals surface area contributed by atoms with Gasteiger partial charge in [-0.15, -0.1) is 0 Å². The molecule has 1 aromatic carbocycles. The molecule has 1 fully saturated rings. The number of hydrogen-bond donors (Lipinski definition) is 0. The quantitative estimate of drug-likeness (QED) is 0.793. The second-order valence-corrected chi connectivity index (χ2v) is 7.55. The number of benzene rings is 1. The van der Waals surface area contributed by atoms with Crippen molar-refractivity contribution in [3.63, 3.8) is 0 Å². The van der Waals surface area contributed by atoms with Crippen LogP contribution in [0.1, 0.15) is 6.42 Å². The summed E-state index contributed by atoms with van der Waals surface area (Å²) in [7, 11) is -3.63. The molecule has 0 spiro atoms. The Bertz CT molecular complexity index is 874. The SMILES string of the molecule is C=CC(=O)N1CCCN(S(=O)(=O)c2cccc3cnccc23)CC1. The van der Waals surface area contributed by atoms with E-state index in [1.165, 1.54) is 10.4 Å². The summed E-state index contributed by atoms with van der Waals surface area (Å²) in [4.78, 5) is 17.7. The highest BCUT2D eigenvalue weighted by Crippen LogP contribution is 2.25. The van der Waals surface area contributed by atoms with Crippen LogP contribution < -0.4 is 0 Å². The molecule has 0 saturated carbocycles. The Morgan fingerprint density at radius 2 is 2.00 bits per heavy atom. The zero-order valence-corrected chi connectivity index (χ0v) is 14.1. The topological polar surface area (TPSA) is 70.6 Å². The van der Waals surface area contributed by atoms with Crippen LogP contribution in [0.2, 0.25) is 0 Å². The van der Waals surface area contributed by atoms with Crippen molar-refractivity contribution in [2.75, 3.05) is 26.2 Å². The summed E-state index contributed by atoms with van der Waals surface area (Å²) in [6.07, 6.45) is 5.11. The minimum atomic E-state index is -3.63. The van der Waals surface area contributed by atoms with Gasteiger partial charge in [-0.25, -0.2) is 8.42 Å². The second kappa shape index (κ2) is 6.70. The predicted molar refractivity (Wildman–Crippen MR) is 91.9 cm³/mol. The Kier molecular flexibility index (Phi) is 4.64. The summed E-state index contributed by atoms with van der Waals surface area (Å²) < 4.78 is 27.6. The Hall–Kier alpha value is -2.25. The molecule has 2 aromatic rings. The zero-order valence-electron chi connectivity index (χ0n) is 13.3. The van der Waals surface area contributed by atoms with Gasteiger partial charge in [-0.1, -0.05) is 18.7 Å². The molecule has 1 amide bonds. The number of hydrogen-bond acceptors (Lipinski definition) is 4. The van der Waals surface area contributed by atoms with Gasteiger partial charge in [-0.3, -0.25) is 9.78 Å². The van der Waals surface area contributed by atoms with E-state index in [1.54, 1.807) is 35.5 Å². The Morgan fingerprint density at radius 1 is 1.17 bits per heavy atom. The van der Waals surface area contributed by atoms with Gasteiger partial charge in [0.1, 0.15) is 0 Å². The number of aromatic nitrogens is 1. The minimum Gasteiger partial charge on any atom is -0.338 e. The van der Waals surface area contributed by atoms with Crippen LogP contribution in [0.25, 0.3) is 10.8 Å². The van der Waals surface area contributed by atoms with Gasteiger partial charge in [0.05, 0.1) is 4.90 Å². The molecule has 126 valence electrons. The first kappa shape index (κ1) is 16.6. The number of rotatable bonds is 3. The molecule has 0 radical (unpaired) electrons. The lowest BCUT2D eigenvalue weighted by Crippen LogP contribution is -2.36. The van der Waals surface area contributed by atoms with Crippen molar-refractivity contribution in [2.45, 2.75) is 11.3 Å². The first-order valence-electron chi connectivity index (χ1n) is 7.78. The number of carbonyl (C=O) groups is 1. The lowest BCUT2D eigenvalue weighted by atomic mass is 10.2. The molecule has 2 heterocycles.